The van der Waals surface area contributed by atoms with E-state index in [1.165, 1.54) is 6.42 Å². The Balaban J connectivity index is 0.00000288. The monoisotopic (exact) mass is 444 g/mol. The molecule has 1 fully saturated rings. The SMILES string of the molecule is CCC(C)NC(=O)c1cccc(CNC(=NC)NC2CC2C)c1.I. The van der Waals surface area contributed by atoms with Gasteiger partial charge in [0.1, 0.15) is 0 Å². The molecule has 0 saturated heterocycles. The molecule has 24 heavy (non-hydrogen) atoms. The Morgan fingerprint density at radius 3 is 2.71 bits per heavy atom. The van der Waals surface area contributed by atoms with Crippen LogP contribution in [0.25, 0.3) is 0 Å². The van der Waals surface area contributed by atoms with E-state index in [-0.39, 0.29) is 35.9 Å². The lowest BCUT2D eigenvalue weighted by molar-refractivity contribution is 0.0939. The number of carbonyl (C=O) groups is 1. The van der Waals surface area contributed by atoms with Crippen molar-refractivity contribution >= 4 is 35.8 Å². The van der Waals surface area contributed by atoms with Crippen LogP contribution in [0.4, 0.5) is 0 Å². The van der Waals surface area contributed by atoms with E-state index in [0.29, 0.717) is 18.2 Å². The maximum atomic E-state index is 12.2. The Morgan fingerprint density at radius 2 is 2.12 bits per heavy atom. The molecule has 134 valence electrons. The number of nitrogens with one attached hydrogen (secondary N) is 3. The first-order chi connectivity index (χ1) is 11.0. The first-order valence-corrected chi connectivity index (χ1v) is 8.40. The van der Waals surface area contributed by atoms with Crippen LogP contribution in [0.1, 0.15) is 49.5 Å². The van der Waals surface area contributed by atoms with Crippen molar-refractivity contribution in [2.45, 2.75) is 52.2 Å². The maximum Gasteiger partial charge on any atom is 0.251 e. The molecule has 1 amide bonds. The van der Waals surface area contributed by atoms with Crippen LogP contribution in [0.2, 0.25) is 0 Å². The van der Waals surface area contributed by atoms with E-state index >= 15 is 0 Å². The highest BCUT2D eigenvalue weighted by molar-refractivity contribution is 14.0. The van der Waals surface area contributed by atoms with Crippen molar-refractivity contribution in [1.82, 2.24) is 16.0 Å². The number of nitrogens with zero attached hydrogens (tertiary/aromatic N) is 1. The van der Waals surface area contributed by atoms with Crippen molar-refractivity contribution in [1.29, 1.82) is 0 Å². The second kappa shape index (κ2) is 9.86. The molecule has 0 spiro atoms. The Morgan fingerprint density at radius 1 is 1.42 bits per heavy atom. The molecule has 0 aromatic heterocycles. The molecule has 6 heteroatoms. The standard InChI is InChI=1S/C18H28N4O.HI/c1-5-13(3)21-17(23)15-8-6-7-14(10-15)11-20-18(19-4)22-16-9-12(16)2;/h6-8,10,12-13,16H,5,9,11H2,1-4H3,(H,21,23)(H2,19,20,22);1H. The predicted molar refractivity (Wildman–Crippen MR) is 110 cm³/mol. The summed E-state index contributed by atoms with van der Waals surface area (Å²) in [5.74, 6) is 1.52. The summed E-state index contributed by atoms with van der Waals surface area (Å²) in [6.45, 7) is 6.94. The summed E-state index contributed by atoms with van der Waals surface area (Å²) >= 11 is 0. The molecule has 0 bridgehead atoms. The third-order valence-electron chi connectivity index (χ3n) is 4.29. The molecule has 1 aliphatic carbocycles. The Hall–Kier alpha value is -1.31. The number of halogens is 1. The number of amides is 1. The van der Waals surface area contributed by atoms with E-state index in [1.807, 2.05) is 31.2 Å². The van der Waals surface area contributed by atoms with Crippen molar-refractivity contribution in [3.63, 3.8) is 0 Å². The average Bonchev–Trinajstić information content (AvgIpc) is 3.26. The highest BCUT2D eigenvalue weighted by Gasteiger charge is 2.33. The van der Waals surface area contributed by atoms with Gasteiger partial charge in [0.2, 0.25) is 0 Å². The van der Waals surface area contributed by atoms with Gasteiger partial charge < -0.3 is 16.0 Å². The topological polar surface area (TPSA) is 65.5 Å². The second-order valence-electron chi connectivity index (χ2n) is 6.37. The number of guanidine groups is 1. The molecule has 3 N–H and O–H groups in total. The summed E-state index contributed by atoms with van der Waals surface area (Å²) in [5.41, 5.74) is 1.76. The zero-order valence-electron chi connectivity index (χ0n) is 14.9. The zero-order valence-corrected chi connectivity index (χ0v) is 17.3. The van der Waals surface area contributed by atoms with E-state index in [1.54, 1.807) is 7.05 Å². The fraction of sp³-hybridized carbons (Fsp3) is 0.556. The van der Waals surface area contributed by atoms with Crippen molar-refractivity contribution in [3.05, 3.63) is 35.4 Å². The van der Waals surface area contributed by atoms with Crippen molar-refractivity contribution in [2.24, 2.45) is 10.9 Å². The smallest absolute Gasteiger partial charge is 0.251 e. The predicted octanol–water partition coefficient (Wildman–Crippen LogP) is 2.91. The van der Waals surface area contributed by atoms with Crippen molar-refractivity contribution in [2.75, 3.05) is 7.05 Å². The molecule has 0 radical (unpaired) electrons. The van der Waals surface area contributed by atoms with Gasteiger partial charge in [0.15, 0.2) is 5.96 Å². The van der Waals surface area contributed by atoms with Gasteiger partial charge in [0.25, 0.3) is 5.91 Å². The summed E-state index contributed by atoms with van der Waals surface area (Å²) in [4.78, 5) is 16.4. The van der Waals surface area contributed by atoms with Crippen LogP contribution < -0.4 is 16.0 Å². The maximum absolute atomic E-state index is 12.2. The van der Waals surface area contributed by atoms with E-state index in [9.17, 15) is 4.79 Å². The van der Waals surface area contributed by atoms with Gasteiger partial charge in [-0.1, -0.05) is 26.0 Å². The number of hydrogen-bond acceptors (Lipinski definition) is 2. The first kappa shape index (κ1) is 20.7. The lowest BCUT2D eigenvalue weighted by Crippen LogP contribution is -2.38. The third kappa shape index (κ3) is 6.30. The van der Waals surface area contributed by atoms with Crippen LogP contribution in [0.5, 0.6) is 0 Å². The van der Waals surface area contributed by atoms with E-state index < -0.39 is 0 Å². The van der Waals surface area contributed by atoms with Gasteiger partial charge in [-0.3, -0.25) is 9.79 Å². The van der Waals surface area contributed by atoms with Crippen molar-refractivity contribution < 1.29 is 4.79 Å². The van der Waals surface area contributed by atoms with Crippen LogP contribution in [0.15, 0.2) is 29.3 Å². The molecular formula is C18H29IN4O. The van der Waals surface area contributed by atoms with Gasteiger partial charge in [0, 0.05) is 31.2 Å². The highest BCUT2D eigenvalue weighted by atomic mass is 127. The van der Waals surface area contributed by atoms with Gasteiger partial charge in [-0.15, -0.1) is 24.0 Å². The third-order valence-corrected chi connectivity index (χ3v) is 4.29. The Kier molecular flexibility index (Phi) is 8.52. The number of benzene rings is 1. The molecule has 0 heterocycles. The zero-order chi connectivity index (χ0) is 16.8. The van der Waals surface area contributed by atoms with Crippen LogP contribution >= 0.6 is 24.0 Å². The lowest BCUT2D eigenvalue weighted by Gasteiger charge is -2.13. The van der Waals surface area contributed by atoms with Gasteiger partial charge >= 0.3 is 0 Å². The normalized spacial score (nSPS) is 20.6. The quantitative estimate of drug-likeness (QED) is 0.359. The molecule has 1 aromatic rings. The van der Waals surface area contributed by atoms with Gasteiger partial charge in [-0.25, -0.2) is 0 Å². The van der Waals surface area contributed by atoms with Gasteiger partial charge in [-0.2, -0.15) is 0 Å². The summed E-state index contributed by atoms with van der Waals surface area (Å²) in [6, 6.07) is 8.43. The molecule has 3 atom stereocenters. The lowest BCUT2D eigenvalue weighted by atomic mass is 10.1. The summed E-state index contributed by atoms with van der Waals surface area (Å²) in [7, 11) is 1.78. The van der Waals surface area contributed by atoms with Crippen LogP contribution in [0.3, 0.4) is 0 Å². The number of aliphatic imine (C=N–C) groups is 1. The first-order valence-electron chi connectivity index (χ1n) is 8.40. The average molecular weight is 444 g/mol. The molecule has 5 nitrogen and oxygen atoms in total. The van der Waals surface area contributed by atoms with Crippen LogP contribution in [-0.4, -0.2) is 31.0 Å². The van der Waals surface area contributed by atoms with E-state index in [4.69, 9.17) is 0 Å². The molecule has 0 aliphatic heterocycles. The van der Waals surface area contributed by atoms with E-state index in [2.05, 4.69) is 34.8 Å². The molecule has 1 saturated carbocycles. The number of rotatable bonds is 6. The van der Waals surface area contributed by atoms with Crippen LogP contribution in [-0.2, 0) is 6.54 Å². The minimum absolute atomic E-state index is 0. The summed E-state index contributed by atoms with van der Waals surface area (Å²) < 4.78 is 0. The van der Waals surface area contributed by atoms with Gasteiger partial charge in [0.05, 0.1) is 0 Å². The number of carbonyl (C=O) groups excluding carboxylic acids is 1. The Labute approximate surface area is 162 Å². The summed E-state index contributed by atoms with van der Waals surface area (Å²) in [5, 5.41) is 9.69. The molecular weight excluding hydrogens is 415 g/mol. The Bertz CT molecular complexity index is 576. The molecule has 1 aliphatic rings. The van der Waals surface area contributed by atoms with Gasteiger partial charge in [-0.05, 0) is 43.4 Å². The minimum Gasteiger partial charge on any atom is -0.353 e. The van der Waals surface area contributed by atoms with Crippen molar-refractivity contribution in [3.8, 4) is 0 Å². The number of hydrogen-bond donors (Lipinski definition) is 3. The largest absolute Gasteiger partial charge is 0.353 e. The van der Waals surface area contributed by atoms with E-state index in [0.717, 1.165) is 23.9 Å². The molecule has 3 unspecified atom stereocenters. The second-order valence-corrected chi connectivity index (χ2v) is 6.37. The minimum atomic E-state index is -0.0180. The summed E-state index contributed by atoms with van der Waals surface area (Å²) in [6.07, 6.45) is 2.13. The molecule has 2 rings (SSSR count). The molecule has 1 aromatic carbocycles. The fourth-order valence-corrected chi connectivity index (χ4v) is 2.31. The highest BCUT2D eigenvalue weighted by Crippen LogP contribution is 2.28. The fourth-order valence-electron chi connectivity index (χ4n) is 2.31. The van der Waals surface area contributed by atoms with Crippen LogP contribution in [0, 0.1) is 5.92 Å².